The van der Waals surface area contributed by atoms with Gasteiger partial charge in [-0.2, -0.15) is 0 Å². The summed E-state index contributed by atoms with van der Waals surface area (Å²) in [4.78, 5) is 9.67. The highest BCUT2D eigenvalue weighted by Gasteiger charge is 2.12. The van der Waals surface area contributed by atoms with Crippen molar-refractivity contribution in [2.24, 2.45) is 0 Å². The Morgan fingerprint density at radius 3 is 1.64 bits per heavy atom. The van der Waals surface area contributed by atoms with Gasteiger partial charge in [-0.25, -0.2) is 9.97 Å². The van der Waals surface area contributed by atoms with Crippen molar-refractivity contribution in [2.45, 2.75) is 39.5 Å². The predicted octanol–water partition coefficient (Wildman–Crippen LogP) is 7.51. The lowest BCUT2D eigenvalue weighted by molar-refractivity contribution is 0.795. The van der Waals surface area contributed by atoms with Gasteiger partial charge in [0.25, 0.3) is 0 Å². The third-order valence-corrected chi connectivity index (χ3v) is 6.75. The number of rotatable bonds is 7. The SMILES string of the molecule is CCCCc1ccc(-c2csc(-c3nc(-c4ccc(CC)cc4)cs3)n2)cc1. The van der Waals surface area contributed by atoms with E-state index in [4.69, 9.17) is 9.97 Å². The van der Waals surface area contributed by atoms with Gasteiger partial charge in [0.15, 0.2) is 10.0 Å². The van der Waals surface area contributed by atoms with Crippen LogP contribution in [0.2, 0.25) is 0 Å². The molecule has 2 aromatic carbocycles. The number of hydrogen-bond donors (Lipinski definition) is 0. The number of nitrogens with zero attached hydrogens (tertiary/aromatic N) is 2. The first-order valence-electron chi connectivity index (χ1n) is 9.87. The van der Waals surface area contributed by atoms with Crippen LogP contribution >= 0.6 is 22.7 Å². The average molecular weight is 405 g/mol. The molecule has 0 radical (unpaired) electrons. The molecule has 0 bridgehead atoms. The highest BCUT2D eigenvalue weighted by Crippen LogP contribution is 2.33. The Labute approximate surface area is 175 Å². The van der Waals surface area contributed by atoms with Crippen molar-refractivity contribution in [1.29, 1.82) is 0 Å². The molecule has 2 nitrogen and oxygen atoms in total. The molecule has 2 aromatic heterocycles. The standard InChI is InChI=1S/C24H24N2S2/c1-3-5-6-18-9-13-20(14-10-18)22-16-28-24(26-22)23-25-21(15-27-23)19-11-7-17(4-2)8-12-19/h7-16H,3-6H2,1-2H3. The van der Waals surface area contributed by atoms with Gasteiger partial charge in [0.2, 0.25) is 0 Å². The first kappa shape index (κ1) is 19.0. The summed E-state index contributed by atoms with van der Waals surface area (Å²) >= 11 is 3.33. The highest BCUT2D eigenvalue weighted by molar-refractivity contribution is 7.20. The number of aryl methyl sites for hydroxylation is 2. The van der Waals surface area contributed by atoms with Crippen LogP contribution in [0.5, 0.6) is 0 Å². The van der Waals surface area contributed by atoms with Gasteiger partial charge >= 0.3 is 0 Å². The minimum atomic E-state index is 0.991. The fraction of sp³-hybridized carbons (Fsp3) is 0.250. The second-order valence-corrected chi connectivity index (χ2v) is 8.64. The van der Waals surface area contributed by atoms with E-state index in [0.717, 1.165) is 34.2 Å². The Hall–Kier alpha value is -2.30. The Bertz CT molecular complexity index is 1030. The van der Waals surface area contributed by atoms with Crippen LogP contribution in [0, 0.1) is 0 Å². The van der Waals surface area contributed by atoms with Crippen LogP contribution in [0.15, 0.2) is 59.3 Å². The van der Waals surface area contributed by atoms with E-state index in [1.54, 1.807) is 22.7 Å². The summed E-state index contributed by atoms with van der Waals surface area (Å²) < 4.78 is 0. The monoisotopic (exact) mass is 404 g/mol. The smallest absolute Gasteiger partial charge is 0.152 e. The topological polar surface area (TPSA) is 25.8 Å². The number of thiazole rings is 2. The van der Waals surface area contributed by atoms with Crippen molar-refractivity contribution >= 4 is 22.7 Å². The fourth-order valence-corrected chi connectivity index (χ4v) is 4.85. The molecule has 0 atom stereocenters. The minimum absolute atomic E-state index is 0.991. The molecule has 142 valence electrons. The van der Waals surface area contributed by atoms with Crippen molar-refractivity contribution in [2.75, 3.05) is 0 Å². The minimum Gasteiger partial charge on any atom is -0.233 e. The van der Waals surface area contributed by atoms with Crippen molar-refractivity contribution in [3.63, 3.8) is 0 Å². The molecule has 0 saturated carbocycles. The lowest BCUT2D eigenvalue weighted by Crippen LogP contribution is -1.85. The van der Waals surface area contributed by atoms with E-state index in [-0.39, 0.29) is 0 Å². The van der Waals surface area contributed by atoms with Gasteiger partial charge in [-0.1, -0.05) is 68.8 Å². The van der Waals surface area contributed by atoms with Gasteiger partial charge in [0.1, 0.15) is 0 Å². The van der Waals surface area contributed by atoms with E-state index < -0.39 is 0 Å². The molecular weight excluding hydrogens is 380 g/mol. The van der Waals surface area contributed by atoms with Crippen LogP contribution in [-0.4, -0.2) is 9.97 Å². The van der Waals surface area contributed by atoms with Crippen molar-refractivity contribution in [3.05, 3.63) is 70.4 Å². The largest absolute Gasteiger partial charge is 0.233 e. The summed E-state index contributed by atoms with van der Waals surface area (Å²) in [5.74, 6) is 0. The molecule has 0 fully saturated rings. The van der Waals surface area contributed by atoms with Gasteiger partial charge in [0.05, 0.1) is 11.4 Å². The summed E-state index contributed by atoms with van der Waals surface area (Å²) in [6.45, 7) is 4.41. The lowest BCUT2D eigenvalue weighted by Gasteiger charge is -2.01. The zero-order chi connectivity index (χ0) is 19.3. The predicted molar refractivity (Wildman–Crippen MR) is 122 cm³/mol. The van der Waals surface area contributed by atoms with Crippen molar-refractivity contribution < 1.29 is 0 Å². The lowest BCUT2D eigenvalue weighted by atomic mass is 10.1. The maximum Gasteiger partial charge on any atom is 0.152 e. The second kappa shape index (κ2) is 8.80. The Balaban J connectivity index is 1.52. The first-order chi connectivity index (χ1) is 13.8. The van der Waals surface area contributed by atoms with E-state index in [1.165, 1.54) is 35.1 Å². The molecule has 0 aliphatic carbocycles. The molecule has 4 aromatic rings. The Morgan fingerprint density at radius 2 is 1.18 bits per heavy atom. The normalized spacial score (nSPS) is 11.1. The number of aromatic nitrogens is 2. The first-order valence-corrected chi connectivity index (χ1v) is 11.6. The molecule has 4 rings (SSSR count). The van der Waals surface area contributed by atoms with E-state index in [9.17, 15) is 0 Å². The van der Waals surface area contributed by atoms with Gasteiger partial charge in [-0.3, -0.25) is 0 Å². The van der Waals surface area contributed by atoms with Crippen LogP contribution in [0.3, 0.4) is 0 Å². The quantitative estimate of drug-likeness (QED) is 0.318. The van der Waals surface area contributed by atoms with E-state index >= 15 is 0 Å². The Kier molecular flexibility index (Phi) is 5.98. The van der Waals surface area contributed by atoms with E-state index in [0.29, 0.717) is 0 Å². The molecule has 4 heteroatoms. The van der Waals surface area contributed by atoms with Gasteiger partial charge in [-0.15, -0.1) is 22.7 Å². The van der Waals surface area contributed by atoms with Crippen LogP contribution in [-0.2, 0) is 12.8 Å². The zero-order valence-electron chi connectivity index (χ0n) is 16.3. The highest BCUT2D eigenvalue weighted by atomic mass is 32.1. The zero-order valence-corrected chi connectivity index (χ0v) is 17.9. The molecule has 0 N–H and O–H groups in total. The summed E-state index contributed by atoms with van der Waals surface area (Å²) in [7, 11) is 0. The Morgan fingerprint density at radius 1 is 0.679 bits per heavy atom. The molecule has 28 heavy (non-hydrogen) atoms. The molecule has 0 saturated heterocycles. The molecule has 0 aliphatic heterocycles. The van der Waals surface area contributed by atoms with Crippen molar-refractivity contribution in [3.8, 4) is 32.5 Å². The maximum absolute atomic E-state index is 4.84. The van der Waals surface area contributed by atoms with Gasteiger partial charge < -0.3 is 0 Å². The summed E-state index contributed by atoms with van der Waals surface area (Å²) in [6.07, 6.45) is 4.69. The third kappa shape index (κ3) is 4.23. The van der Waals surface area contributed by atoms with Gasteiger partial charge in [0, 0.05) is 21.9 Å². The van der Waals surface area contributed by atoms with Crippen LogP contribution in [0.25, 0.3) is 32.5 Å². The number of benzene rings is 2. The van der Waals surface area contributed by atoms with E-state index in [2.05, 4.69) is 73.1 Å². The van der Waals surface area contributed by atoms with Crippen molar-refractivity contribution in [1.82, 2.24) is 9.97 Å². The number of unbranched alkanes of at least 4 members (excludes halogenated alkanes) is 1. The molecule has 2 heterocycles. The molecule has 0 aliphatic rings. The van der Waals surface area contributed by atoms with Crippen LogP contribution < -0.4 is 0 Å². The van der Waals surface area contributed by atoms with Crippen LogP contribution in [0.4, 0.5) is 0 Å². The van der Waals surface area contributed by atoms with Crippen LogP contribution in [0.1, 0.15) is 37.8 Å². The fourth-order valence-electron chi connectivity index (χ4n) is 3.14. The van der Waals surface area contributed by atoms with E-state index in [1.807, 2.05) is 0 Å². The molecule has 0 amide bonds. The van der Waals surface area contributed by atoms with Gasteiger partial charge in [-0.05, 0) is 30.4 Å². The number of hydrogen-bond acceptors (Lipinski definition) is 4. The maximum atomic E-state index is 4.84. The summed E-state index contributed by atoms with van der Waals surface area (Å²) in [5.41, 5.74) is 7.16. The summed E-state index contributed by atoms with van der Waals surface area (Å²) in [6, 6.07) is 17.5. The third-order valence-electron chi connectivity index (χ3n) is 4.92. The molecular formula is C24H24N2S2. The average Bonchev–Trinajstić information content (AvgIpc) is 3.42. The second-order valence-electron chi connectivity index (χ2n) is 6.93. The molecule has 0 unspecified atom stereocenters. The molecule has 0 spiro atoms. The summed E-state index contributed by atoms with van der Waals surface area (Å²) in [5, 5.41) is 6.24.